The van der Waals surface area contributed by atoms with Crippen molar-refractivity contribution < 1.29 is 13.2 Å². The fraction of sp³-hybridized carbons (Fsp3) is 0.444. The molecule has 1 aromatic carbocycles. The topological polar surface area (TPSA) is 79.4 Å². The van der Waals surface area contributed by atoms with E-state index in [2.05, 4.69) is 10.3 Å². The third-order valence-corrected chi connectivity index (χ3v) is 7.77. The van der Waals surface area contributed by atoms with Gasteiger partial charge in [-0.3, -0.25) is 4.79 Å². The predicted octanol–water partition coefficient (Wildman–Crippen LogP) is 4.02. The van der Waals surface area contributed by atoms with Gasteiger partial charge >= 0.3 is 0 Å². The summed E-state index contributed by atoms with van der Waals surface area (Å²) in [5, 5.41) is 5.78. The van der Waals surface area contributed by atoms with Gasteiger partial charge in [-0.15, -0.1) is 11.3 Å². The molecule has 0 radical (unpaired) electrons. The number of nitrogens with one attached hydrogen (secondary N) is 1. The van der Waals surface area contributed by atoms with Gasteiger partial charge < -0.3 is 5.32 Å². The highest BCUT2D eigenvalue weighted by Crippen LogP contribution is 2.27. The molecule has 1 unspecified atom stereocenters. The number of sulfonamides is 1. The number of carbonyl (C=O) groups excluding carboxylic acids is 1. The van der Waals surface area contributed by atoms with Gasteiger partial charge in [0.1, 0.15) is 9.90 Å². The second-order valence-corrected chi connectivity index (χ2v) is 9.20. The van der Waals surface area contributed by atoms with Crippen LogP contribution in [-0.2, 0) is 10.0 Å². The van der Waals surface area contributed by atoms with Gasteiger partial charge in [-0.25, -0.2) is 13.4 Å². The first kappa shape index (κ1) is 21.8. The molecule has 2 rings (SSSR count). The van der Waals surface area contributed by atoms with E-state index in [-0.39, 0.29) is 27.4 Å². The van der Waals surface area contributed by atoms with Crippen molar-refractivity contribution in [2.45, 2.75) is 45.1 Å². The molecule has 0 fully saturated rings. The molecule has 1 amide bonds. The van der Waals surface area contributed by atoms with Gasteiger partial charge in [-0.2, -0.15) is 4.31 Å². The Morgan fingerprint density at radius 2 is 1.96 bits per heavy atom. The fourth-order valence-electron chi connectivity index (χ4n) is 2.66. The number of halogens is 1. The zero-order chi connectivity index (χ0) is 20.2. The van der Waals surface area contributed by atoms with Gasteiger partial charge in [-0.1, -0.05) is 32.4 Å². The van der Waals surface area contributed by atoms with Crippen LogP contribution in [-0.4, -0.2) is 36.7 Å². The molecule has 148 valence electrons. The summed E-state index contributed by atoms with van der Waals surface area (Å²) in [5.41, 5.74) is 1.15. The quantitative estimate of drug-likeness (QED) is 0.687. The normalized spacial score (nSPS) is 13.0. The number of hydrogen-bond donors (Lipinski definition) is 1. The minimum absolute atomic E-state index is 0.0568. The Morgan fingerprint density at radius 3 is 2.48 bits per heavy atom. The highest BCUT2D eigenvalue weighted by Gasteiger charge is 2.26. The van der Waals surface area contributed by atoms with Gasteiger partial charge in [-0.05, 0) is 31.5 Å². The zero-order valence-electron chi connectivity index (χ0n) is 15.8. The molecule has 0 bridgehead atoms. The monoisotopic (exact) mass is 429 g/mol. The fourth-order valence-corrected chi connectivity index (χ4v) is 5.55. The van der Waals surface area contributed by atoms with Crippen LogP contribution in [0.3, 0.4) is 0 Å². The molecule has 1 N–H and O–H groups in total. The third-order valence-electron chi connectivity index (χ3n) is 4.17. The standard InChI is InChI=1S/C18H24ClN3O3S2/c1-5-15(18-20-12(4)11-26-18)21-17(23)13-8-9-14(19)16(10-13)27(24,25)22(6-2)7-3/h8-11,15H,5-7H2,1-4H3,(H,21,23). The Hall–Kier alpha value is -1.48. The molecule has 6 nitrogen and oxygen atoms in total. The van der Waals surface area contributed by atoms with Crippen molar-refractivity contribution in [3.63, 3.8) is 0 Å². The van der Waals surface area contributed by atoms with Crippen LogP contribution in [0.2, 0.25) is 5.02 Å². The number of nitrogens with zero attached hydrogens (tertiary/aromatic N) is 2. The number of benzene rings is 1. The van der Waals surface area contributed by atoms with Crippen LogP contribution in [0.15, 0.2) is 28.5 Å². The molecule has 1 heterocycles. The lowest BCUT2D eigenvalue weighted by atomic mass is 10.1. The van der Waals surface area contributed by atoms with Gasteiger partial charge in [0.15, 0.2) is 0 Å². The van der Waals surface area contributed by atoms with Crippen molar-refractivity contribution in [2.75, 3.05) is 13.1 Å². The summed E-state index contributed by atoms with van der Waals surface area (Å²) in [6, 6.07) is 4.08. The highest BCUT2D eigenvalue weighted by molar-refractivity contribution is 7.89. The number of rotatable bonds is 8. The van der Waals surface area contributed by atoms with E-state index in [4.69, 9.17) is 11.6 Å². The van der Waals surface area contributed by atoms with E-state index in [1.807, 2.05) is 19.2 Å². The molecule has 27 heavy (non-hydrogen) atoms. The summed E-state index contributed by atoms with van der Waals surface area (Å²) in [4.78, 5) is 17.1. The van der Waals surface area contributed by atoms with Gasteiger partial charge in [0.2, 0.25) is 10.0 Å². The van der Waals surface area contributed by atoms with E-state index in [9.17, 15) is 13.2 Å². The Balaban J connectivity index is 2.32. The second kappa shape index (κ2) is 9.14. The molecule has 1 atom stereocenters. The molecular weight excluding hydrogens is 406 g/mol. The minimum atomic E-state index is -3.76. The maximum absolute atomic E-state index is 12.8. The zero-order valence-corrected chi connectivity index (χ0v) is 18.2. The van der Waals surface area contributed by atoms with E-state index in [0.717, 1.165) is 10.7 Å². The smallest absolute Gasteiger partial charge is 0.251 e. The van der Waals surface area contributed by atoms with Crippen LogP contribution in [0.1, 0.15) is 54.3 Å². The molecule has 1 aromatic heterocycles. The molecule has 9 heteroatoms. The second-order valence-electron chi connectivity index (χ2n) is 6.00. The van der Waals surface area contributed by atoms with Crippen LogP contribution >= 0.6 is 22.9 Å². The Kier molecular flexibility index (Phi) is 7.39. The maximum Gasteiger partial charge on any atom is 0.251 e. The van der Waals surface area contributed by atoms with Gasteiger partial charge in [0.25, 0.3) is 5.91 Å². The average Bonchev–Trinajstić information content (AvgIpc) is 3.06. The first-order valence-corrected chi connectivity index (χ1v) is 11.5. The maximum atomic E-state index is 12.8. The number of aryl methyl sites for hydroxylation is 1. The molecule has 0 saturated heterocycles. The summed E-state index contributed by atoms with van der Waals surface area (Å²) >= 11 is 7.62. The van der Waals surface area contributed by atoms with Crippen LogP contribution in [0, 0.1) is 6.92 Å². The molecule has 0 aliphatic carbocycles. The number of thiazole rings is 1. The van der Waals surface area contributed by atoms with Gasteiger partial charge in [0, 0.05) is 29.7 Å². The lowest BCUT2D eigenvalue weighted by Crippen LogP contribution is -2.31. The van der Waals surface area contributed by atoms with E-state index in [0.29, 0.717) is 19.5 Å². The summed E-state index contributed by atoms with van der Waals surface area (Å²) < 4.78 is 26.9. The number of aromatic nitrogens is 1. The van der Waals surface area contributed by atoms with E-state index < -0.39 is 10.0 Å². The molecule has 2 aromatic rings. The molecule has 0 aliphatic heterocycles. The minimum Gasteiger partial charge on any atom is -0.343 e. The predicted molar refractivity (Wildman–Crippen MR) is 109 cm³/mol. The molecule has 0 spiro atoms. The Morgan fingerprint density at radius 1 is 1.30 bits per heavy atom. The van der Waals surface area contributed by atoms with Crippen molar-refractivity contribution >= 4 is 38.9 Å². The third kappa shape index (κ3) is 4.87. The van der Waals surface area contributed by atoms with Crippen molar-refractivity contribution in [3.8, 4) is 0 Å². The summed E-state index contributed by atoms with van der Waals surface area (Å²) in [6.07, 6.45) is 0.677. The van der Waals surface area contributed by atoms with Crippen LogP contribution in [0.5, 0.6) is 0 Å². The molecule has 0 aliphatic rings. The van der Waals surface area contributed by atoms with Crippen molar-refractivity contribution in [1.82, 2.24) is 14.6 Å². The number of carbonyl (C=O) groups is 1. The summed E-state index contributed by atoms with van der Waals surface area (Å²) in [6.45, 7) is 8.03. The van der Waals surface area contributed by atoms with Crippen LogP contribution in [0.25, 0.3) is 0 Å². The molecule has 0 saturated carbocycles. The first-order chi connectivity index (χ1) is 12.7. The lowest BCUT2D eigenvalue weighted by Gasteiger charge is -2.20. The van der Waals surface area contributed by atoms with Crippen molar-refractivity contribution in [1.29, 1.82) is 0 Å². The lowest BCUT2D eigenvalue weighted by molar-refractivity contribution is 0.0935. The average molecular weight is 430 g/mol. The van der Waals surface area contributed by atoms with Crippen molar-refractivity contribution in [3.05, 3.63) is 44.9 Å². The number of hydrogen-bond acceptors (Lipinski definition) is 5. The summed E-state index contributed by atoms with van der Waals surface area (Å²) in [5.74, 6) is -0.359. The SMILES string of the molecule is CCC(NC(=O)c1ccc(Cl)c(S(=O)(=O)N(CC)CC)c1)c1nc(C)cs1. The summed E-state index contributed by atoms with van der Waals surface area (Å²) in [7, 11) is -3.76. The Bertz CT molecular complexity index is 908. The highest BCUT2D eigenvalue weighted by atomic mass is 35.5. The molecular formula is C18H24ClN3O3S2. The first-order valence-electron chi connectivity index (χ1n) is 8.77. The van der Waals surface area contributed by atoms with Gasteiger partial charge in [0.05, 0.1) is 11.1 Å². The van der Waals surface area contributed by atoms with Crippen LogP contribution in [0.4, 0.5) is 0 Å². The van der Waals surface area contributed by atoms with Crippen LogP contribution < -0.4 is 5.32 Å². The van der Waals surface area contributed by atoms with Crippen molar-refractivity contribution in [2.24, 2.45) is 0 Å². The van der Waals surface area contributed by atoms with E-state index in [1.165, 1.54) is 33.8 Å². The van der Waals surface area contributed by atoms with E-state index >= 15 is 0 Å². The number of amides is 1. The largest absolute Gasteiger partial charge is 0.343 e. The van der Waals surface area contributed by atoms with E-state index in [1.54, 1.807) is 13.8 Å². The Labute approximate surface area is 169 Å².